The first-order valence-electron chi connectivity index (χ1n) is 4.82. The first-order valence-corrected chi connectivity index (χ1v) is 3.62. The van der Waals surface area contributed by atoms with E-state index >= 15 is 0 Å². The monoisotopic (exact) mass is 241 g/mol. The normalized spacial score (nSPS) is 17.2. The van der Waals surface area contributed by atoms with Crippen LogP contribution in [0.4, 0.5) is 8.78 Å². The van der Waals surface area contributed by atoms with E-state index in [9.17, 15) is 8.78 Å². The van der Waals surface area contributed by atoms with Gasteiger partial charge in [-0.25, -0.2) is 8.78 Å². The number of rotatable bonds is 2. The Bertz CT molecular complexity index is 393. The van der Waals surface area contributed by atoms with Crippen LogP contribution in [0.5, 0.6) is 5.75 Å². The number of methoxy groups -OCH3 is 1. The summed E-state index contributed by atoms with van der Waals surface area (Å²) in [5.74, 6) is -0.187. The zero-order valence-corrected chi connectivity index (χ0v) is 7.23. The number of ether oxygens (including phenoxy) is 1. The SMILES string of the molecule is [2H]C([2H])([2H])Oc1cnc(C([2H])(F)F)cc1Br. The first-order chi connectivity index (χ1) is 7.09. The Balaban J connectivity index is 3.01. The largest absolute Gasteiger partial charge is 0.494 e. The molecule has 2 nitrogen and oxygen atoms in total. The smallest absolute Gasteiger partial charge is 0.280 e. The molecule has 0 aliphatic heterocycles. The van der Waals surface area contributed by atoms with Crippen molar-refractivity contribution in [2.75, 3.05) is 7.04 Å². The van der Waals surface area contributed by atoms with Gasteiger partial charge in [-0.15, -0.1) is 0 Å². The molecular weight excluding hydrogens is 232 g/mol. The van der Waals surface area contributed by atoms with Crippen molar-refractivity contribution in [2.24, 2.45) is 0 Å². The predicted octanol–water partition coefficient (Wildman–Crippen LogP) is 2.79. The number of pyridine rings is 1. The number of hydrogen-bond donors (Lipinski definition) is 0. The summed E-state index contributed by atoms with van der Waals surface area (Å²) < 4.78 is 56.5. The summed E-state index contributed by atoms with van der Waals surface area (Å²) in [6, 6.07) is 0.841. The molecule has 0 amide bonds. The van der Waals surface area contributed by atoms with Gasteiger partial charge in [-0.2, -0.15) is 0 Å². The molecule has 1 aromatic rings. The fourth-order valence-corrected chi connectivity index (χ4v) is 0.997. The Morgan fingerprint density at radius 3 is 3.08 bits per heavy atom. The number of alkyl halides is 2. The quantitative estimate of drug-likeness (QED) is 0.795. The van der Waals surface area contributed by atoms with Crippen molar-refractivity contribution in [3.8, 4) is 5.75 Å². The van der Waals surface area contributed by atoms with Gasteiger partial charge in [0.05, 0.1) is 21.8 Å². The molecule has 0 aromatic carbocycles. The maximum absolute atomic E-state index is 12.5. The standard InChI is InChI=1S/C7H6BrF2NO/c1-12-6-3-11-5(7(9)10)2-4(6)8/h2-3,7H,1H3/i1D3,7D. The summed E-state index contributed by atoms with van der Waals surface area (Å²) in [4.78, 5) is 3.25. The van der Waals surface area contributed by atoms with Crippen molar-refractivity contribution in [3.05, 3.63) is 22.4 Å². The van der Waals surface area contributed by atoms with Gasteiger partial charge >= 0.3 is 0 Å². The van der Waals surface area contributed by atoms with Crippen molar-refractivity contribution in [1.82, 2.24) is 4.98 Å². The van der Waals surface area contributed by atoms with Crippen LogP contribution in [0.25, 0.3) is 0 Å². The zero-order chi connectivity index (χ0) is 12.6. The number of halogens is 3. The Kier molecular flexibility index (Phi) is 1.62. The van der Waals surface area contributed by atoms with E-state index in [1.165, 1.54) is 0 Å². The lowest BCUT2D eigenvalue weighted by atomic mass is 10.3. The van der Waals surface area contributed by atoms with E-state index in [1.54, 1.807) is 0 Å². The Labute approximate surface area is 82.3 Å². The molecular formula is C7H6BrF2NO. The van der Waals surface area contributed by atoms with Crippen LogP contribution in [0, 0.1) is 0 Å². The second kappa shape index (κ2) is 3.80. The van der Waals surface area contributed by atoms with E-state index in [2.05, 4.69) is 25.7 Å². The van der Waals surface area contributed by atoms with Gasteiger partial charge in [-0.05, 0) is 22.0 Å². The lowest BCUT2D eigenvalue weighted by Gasteiger charge is -2.03. The lowest BCUT2D eigenvalue weighted by molar-refractivity contribution is 0.146. The molecule has 0 spiro atoms. The van der Waals surface area contributed by atoms with Crippen molar-refractivity contribution in [2.45, 2.75) is 6.40 Å². The maximum atomic E-state index is 12.5. The van der Waals surface area contributed by atoms with E-state index in [1.807, 2.05) is 0 Å². The fourth-order valence-electron chi connectivity index (χ4n) is 0.597. The second-order valence-corrected chi connectivity index (χ2v) is 2.72. The molecule has 0 radical (unpaired) electrons. The highest BCUT2D eigenvalue weighted by molar-refractivity contribution is 9.10. The van der Waals surface area contributed by atoms with E-state index in [4.69, 9.17) is 5.48 Å². The van der Waals surface area contributed by atoms with Crippen molar-refractivity contribution >= 4 is 15.9 Å². The molecule has 0 unspecified atom stereocenters. The second-order valence-electron chi connectivity index (χ2n) is 1.86. The van der Waals surface area contributed by atoms with Crippen molar-refractivity contribution in [1.29, 1.82) is 0 Å². The molecule has 66 valence electrons. The van der Waals surface area contributed by atoms with Gasteiger partial charge in [0.2, 0.25) is 0 Å². The highest BCUT2D eigenvalue weighted by atomic mass is 79.9. The molecule has 1 heterocycles. The highest BCUT2D eigenvalue weighted by Crippen LogP contribution is 2.27. The van der Waals surface area contributed by atoms with E-state index in [0.717, 1.165) is 12.3 Å². The van der Waals surface area contributed by atoms with Crippen LogP contribution in [0.1, 0.15) is 17.6 Å². The van der Waals surface area contributed by atoms with Crippen LogP contribution < -0.4 is 4.74 Å². The van der Waals surface area contributed by atoms with Gasteiger partial charge < -0.3 is 4.74 Å². The van der Waals surface area contributed by atoms with E-state index in [0.29, 0.717) is 0 Å². The van der Waals surface area contributed by atoms with Gasteiger partial charge in [-0.1, -0.05) is 0 Å². The molecule has 0 bridgehead atoms. The molecule has 1 rings (SSSR count). The topological polar surface area (TPSA) is 22.1 Å². The minimum Gasteiger partial charge on any atom is -0.494 e. The third-order valence-corrected chi connectivity index (χ3v) is 1.74. The minimum atomic E-state index is -3.83. The summed E-state index contributed by atoms with van der Waals surface area (Å²) in [5, 5.41) is 0. The van der Waals surface area contributed by atoms with Crippen LogP contribution in [0.3, 0.4) is 0 Å². The summed E-state index contributed by atoms with van der Waals surface area (Å²) in [6.07, 6.45) is -3.00. The van der Waals surface area contributed by atoms with Gasteiger partial charge in [0.25, 0.3) is 6.40 Å². The lowest BCUT2D eigenvalue weighted by Crippen LogP contribution is -1.92. The molecule has 0 aliphatic rings. The predicted molar refractivity (Wildman–Crippen MR) is 43.4 cm³/mol. The van der Waals surface area contributed by atoms with E-state index in [-0.39, 0.29) is 10.2 Å². The molecule has 0 fully saturated rings. The maximum Gasteiger partial charge on any atom is 0.280 e. The number of hydrogen-bond acceptors (Lipinski definition) is 2. The molecule has 0 saturated carbocycles. The summed E-state index contributed by atoms with van der Waals surface area (Å²) >= 11 is 2.86. The third-order valence-electron chi connectivity index (χ3n) is 1.12. The molecule has 0 aliphatic carbocycles. The molecule has 0 N–H and O–H groups in total. The summed E-state index contributed by atoms with van der Waals surface area (Å²) in [6.45, 7) is 0. The van der Waals surface area contributed by atoms with Crippen molar-refractivity contribution < 1.29 is 19.0 Å². The summed E-state index contributed by atoms with van der Waals surface area (Å²) in [5.41, 5.74) is -0.794. The highest BCUT2D eigenvalue weighted by Gasteiger charge is 2.10. The summed E-state index contributed by atoms with van der Waals surface area (Å²) in [7, 11) is -2.69. The Hall–Kier alpha value is -0.710. The van der Waals surface area contributed by atoms with Gasteiger partial charge in [0.1, 0.15) is 7.06 Å². The van der Waals surface area contributed by atoms with E-state index < -0.39 is 19.1 Å². The average Bonchev–Trinajstić information content (AvgIpc) is 2.04. The van der Waals surface area contributed by atoms with Gasteiger partial charge in [0.15, 0.2) is 5.75 Å². The Morgan fingerprint density at radius 2 is 2.58 bits per heavy atom. The molecule has 0 saturated heterocycles. The third kappa shape index (κ3) is 1.91. The minimum absolute atomic E-state index is 0.000509. The average molecular weight is 242 g/mol. The van der Waals surface area contributed by atoms with Crippen molar-refractivity contribution in [3.63, 3.8) is 0 Å². The van der Waals surface area contributed by atoms with Gasteiger partial charge in [0, 0.05) is 0 Å². The Morgan fingerprint density at radius 1 is 1.83 bits per heavy atom. The molecule has 5 heteroatoms. The fraction of sp³-hybridized carbons (Fsp3) is 0.286. The van der Waals surface area contributed by atoms with Crippen LogP contribution in [-0.2, 0) is 0 Å². The van der Waals surface area contributed by atoms with Gasteiger partial charge in [-0.3, -0.25) is 4.98 Å². The van der Waals surface area contributed by atoms with Crippen LogP contribution in [0.15, 0.2) is 16.7 Å². The number of aromatic nitrogens is 1. The molecule has 1 aromatic heterocycles. The number of nitrogens with zero attached hydrogens (tertiary/aromatic N) is 1. The van der Waals surface area contributed by atoms with Crippen LogP contribution in [-0.4, -0.2) is 12.0 Å². The van der Waals surface area contributed by atoms with Crippen LogP contribution >= 0.6 is 15.9 Å². The molecule has 0 atom stereocenters. The van der Waals surface area contributed by atoms with Crippen LogP contribution in [0.2, 0.25) is 0 Å². The molecule has 12 heavy (non-hydrogen) atoms. The zero-order valence-electron chi connectivity index (χ0n) is 9.64. The first kappa shape index (κ1) is 5.11.